The lowest BCUT2D eigenvalue weighted by Gasteiger charge is -2.34. The highest BCUT2D eigenvalue weighted by Gasteiger charge is 2.21. The SMILES string of the molecule is CCNC(=NCc1ccc(-n2ccnc2)nc1)N1CCC(OCCCOC)CC1.I. The number of halogens is 1. The van der Waals surface area contributed by atoms with Gasteiger partial charge in [0.2, 0.25) is 0 Å². The lowest BCUT2D eigenvalue weighted by atomic mass is 10.1. The second-order valence-electron chi connectivity index (χ2n) is 7.07. The maximum Gasteiger partial charge on any atom is 0.194 e. The minimum Gasteiger partial charge on any atom is -0.385 e. The van der Waals surface area contributed by atoms with Crippen LogP contribution < -0.4 is 5.32 Å². The maximum atomic E-state index is 5.96. The molecule has 0 spiro atoms. The number of piperidine rings is 1. The first-order valence-corrected chi connectivity index (χ1v) is 10.4. The zero-order chi connectivity index (χ0) is 20.3. The zero-order valence-electron chi connectivity index (χ0n) is 17.9. The monoisotopic (exact) mass is 528 g/mol. The number of aromatic nitrogens is 3. The van der Waals surface area contributed by atoms with Gasteiger partial charge in [-0.2, -0.15) is 0 Å². The lowest BCUT2D eigenvalue weighted by Crippen LogP contribution is -2.47. The summed E-state index contributed by atoms with van der Waals surface area (Å²) < 4.78 is 12.9. The number of ether oxygens (including phenoxy) is 2. The number of guanidine groups is 1. The first kappa shape index (κ1) is 24.5. The van der Waals surface area contributed by atoms with E-state index < -0.39 is 0 Å². The van der Waals surface area contributed by atoms with Gasteiger partial charge in [-0.25, -0.2) is 15.0 Å². The van der Waals surface area contributed by atoms with Crippen molar-refractivity contribution >= 4 is 29.9 Å². The van der Waals surface area contributed by atoms with Crippen LogP contribution in [0, 0.1) is 0 Å². The topological polar surface area (TPSA) is 76.8 Å². The molecule has 1 saturated heterocycles. The molecule has 3 heterocycles. The summed E-state index contributed by atoms with van der Waals surface area (Å²) in [5, 5.41) is 3.42. The molecule has 0 bridgehead atoms. The van der Waals surface area contributed by atoms with Gasteiger partial charge in [-0.05, 0) is 37.8 Å². The van der Waals surface area contributed by atoms with Crippen LogP contribution in [-0.4, -0.2) is 71.5 Å². The van der Waals surface area contributed by atoms with E-state index in [0.29, 0.717) is 12.6 Å². The third-order valence-corrected chi connectivity index (χ3v) is 4.91. The number of pyridine rings is 1. The number of aliphatic imine (C=N–C) groups is 1. The first-order valence-electron chi connectivity index (χ1n) is 10.4. The van der Waals surface area contributed by atoms with Crippen molar-refractivity contribution in [2.45, 2.75) is 38.8 Å². The van der Waals surface area contributed by atoms with Gasteiger partial charge in [-0.3, -0.25) is 4.57 Å². The van der Waals surface area contributed by atoms with Crippen LogP contribution in [0.4, 0.5) is 0 Å². The molecule has 1 aliphatic rings. The summed E-state index contributed by atoms with van der Waals surface area (Å²) in [6.07, 6.45) is 10.6. The molecule has 30 heavy (non-hydrogen) atoms. The molecule has 0 radical (unpaired) electrons. The highest BCUT2D eigenvalue weighted by atomic mass is 127. The number of imidazole rings is 1. The zero-order valence-corrected chi connectivity index (χ0v) is 20.2. The van der Waals surface area contributed by atoms with E-state index in [1.165, 1.54) is 0 Å². The van der Waals surface area contributed by atoms with Crippen molar-refractivity contribution in [1.82, 2.24) is 24.8 Å². The third-order valence-electron chi connectivity index (χ3n) is 4.91. The van der Waals surface area contributed by atoms with Crippen LogP contribution in [0.1, 0.15) is 31.7 Å². The number of methoxy groups -OCH3 is 1. The minimum absolute atomic E-state index is 0. The normalized spacial score (nSPS) is 15.1. The maximum absolute atomic E-state index is 5.96. The van der Waals surface area contributed by atoms with E-state index in [1.54, 1.807) is 19.6 Å². The first-order chi connectivity index (χ1) is 14.3. The number of hydrogen-bond donors (Lipinski definition) is 1. The Bertz CT molecular complexity index is 730. The van der Waals surface area contributed by atoms with Gasteiger partial charge < -0.3 is 19.7 Å². The van der Waals surface area contributed by atoms with Crippen molar-refractivity contribution in [2.24, 2.45) is 4.99 Å². The van der Waals surface area contributed by atoms with Gasteiger partial charge >= 0.3 is 0 Å². The molecule has 3 rings (SSSR count). The van der Waals surface area contributed by atoms with Crippen LogP contribution in [0.25, 0.3) is 5.82 Å². The van der Waals surface area contributed by atoms with Crippen LogP contribution >= 0.6 is 24.0 Å². The molecule has 0 unspecified atom stereocenters. The molecule has 2 aromatic rings. The number of nitrogens with zero attached hydrogens (tertiary/aromatic N) is 5. The fourth-order valence-electron chi connectivity index (χ4n) is 3.34. The summed E-state index contributed by atoms with van der Waals surface area (Å²) >= 11 is 0. The predicted molar refractivity (Wildman–Crippen MR) is 129 cm³/mol. The minimum atomic E-state index is 0. The smallest absolute Gasteiger partial charge is 0.194 e. The molecule has 166 valence electrons. The van der Waals surface area contributed by atoms with E-state index >= 15 is 0 Å². The van der Waals surface area contributed by atoms with Crippen molar-refractivity contribution in [3.05, 3.63) is 42.6 Å². The van der Waals surface area contributed by atoms with Crippen LogP contribution in [0.15, 0.2) is 42.0 Å². The molecule has 1 N–H and O–H groups in total. The molecule has 0 amide bonds. The van der Waals surface area contributed by atoms with E-state index in [2.05, 4.69) is 33.2 Å². The summed E-state index contributed by atoms with van der Waals surface area (Å²) in [7, 11) is 1.73. The van der Waals surface area contributed by atoms with Crippen molar-refractivity contribution in [3.63, 3.8) is 0 Å². The fraction of sp³-hybridized carbons (Fsp3) is 0.571. The Morgan fingerprint density at radius 3 is 2.73 bits per heavy atom. The third kappa shape index (κ3) is 7.51. The second kappa shape index (κ2) is 13.6. The summed E-state index contributed by atoms with van der Waals surface area (Å²) in [6.45, 7) is 7.00. The molecule has 1 aliphatic heterocycles. The summed E-state index contributed by atoms with van der Waals surface area (Å²) in [6, 6.07) is 4.06. The van der Waals surface area contributed by atoms with Gasteiger partial charge in [-0.15, -0.1) is 24.0 Å². The Morgan fingerprint density at radius 1 is 1.27 bits per heavy atom. The molecule has 2 aromatic heterocycles. The standard InChI is InChI=1S/C21H32N6O2.HI/c1-3-23-21(26-10-7-19(8-11-26)29-14-4-13-28-2)25-16-18-5-6-20(24-15-18)27-12-9-22-17-27;/h5-6,9,12,15,17,19H,3-4,7-8,10-11,13-14,16H2,1-2H3,(H,23,25);1H. The molecule has 9 heteroatoms. The van der Waals surface area contributed by atoms with Crippen LogP contribution in [0.3, 0.4) is 0 Å². The highest BCUT2D eigenvalue weighted by molar-refractivity contribution is 14.0. The summed E-state index contributed by atoms with van der Waals surface area (Å²) in [5.74, 6) is 1.82. The van der Waals surface area contributed by atoms with Crippen LogP contribution in [-0.2, 0) is 16.0 Å². The second-order valence-corrected chi connectivity index (χ2v) is 7.07. The average molecular weight is 528 g/mol. The molecule has 0 atom stereocenters. The summed E-state index contributed by atoms with van der Waals surface area (Å²) in [5.41, 5.74) is 1.08. The Labute approximate surface area is 196 Å². The van der Waals surface area contributed by atoms with Crippen molar-refractivity contribution in [2.75, 3.05) is 40.0 Å². The van der Waals surface area contributed by atoms with E-state index in [9.17, 15) is 0 Å². The number of rotatable bonds is 9. The van der Waals surface area contributed by atoms with E-state index in [-0.39, 0.29) is 24.0 Å². The van der Waals surface area contributed by atoms with Gasteiger partial charge in [0.05, 0.1) is 12.6 Å². The lowest BCUT2D eigenvalue weighted by molar-refractivity contribution is 0.00990. The summed E-state index contributed by atoms with van der Waals surface area (Å²) in [4.78, 5) is 15.7. The molecule has 0 aromatic carbocycles. The quantitative estimate of drug-likeness (QED) is 0.234. The van der Waals surface area contributed by atoms with E-state index in [4.69, 9.17) is 14.5 Å². The Kier molecular flexibility index (Phi) is 11.1. The fourth-order valence-corrected chi connectivity index (χ4v) is 3.34. The molecule has 0 saturated carbocycles. The molecule has 0 aliphatic carbocycles. The van der Waals surface area contributed by atoms with E-state index in [0.717, 1.165) is 69.5 Å². The molecule has 8 nitrogen and oxygen atoms in total. The van der Waals surface area contributed by atoms with Gasteiger partial charge in [0.1, 0.15) is 12.1 Å². The van der Waals surface area contributed by atoms with Crippen LogP contribution in [0.5, 0.6) is 0 Å². The Morgan fingerprint density at radius 2 is 2.10 bits per heavy atom. The van der Waals surface area contributed by atoms with Crippen molar-refractivity contribution < 1.29 is 9.47 Å². The Balaban J connectivity index is 0.00000320. The van der Waals surface area contributed by atoms with E-state index in [1.807, 2.05) is 23.0 Å². The predicted octanol–water partition coefficient (Wildman–Crippen LogP) is 2.87. The molecular formula is C21H33IN6O2. The molecular weight excluding hydrogens is 495 g/mol. The highest BCUT2D eigenvalue weighted by Crippen LogP contribution is 2.15. The van der Waals surface area contributed by atoms with Gasteiger partial charge in [0.25, 0.3) is 0 Å². The van der Waals surface area contributed by atoms with Gasteiger partial charge in [-0.1, -0.05) is 6.07 Å². The molecule has 1 fully saturated rings. The average Bonchev–Trinajstić information content (AvgIpc) is 3.30. The largest absolute Gasteiger partial charge is 0.385 e. The van der Waals surface area contributed by atoms with Gasteiger partial charge in [0.15, 0.2) is 5.96 Å². The van der Waals surface area contributed by atoms with Crippen molar-refractivity contribution in [3.8, 4) is 5.82 Å². The Hall–Kier alpha value is -1.72. The number of likely N-dealkylation sites (tertiary alicyclic amines) is 1. The van der Waals surface area contributed by atoms with Crippen LogP contribution in [0.2, 0.25) is 0 Å². The van der Waals surface area contributed by atoms with Crippen molar-refractivity contribution in [1.29, 1.82) is 0 Å². The number of hydrogen-bond acceptors (Lipinski definition) is 5. The number of nitrogens with one attached hydrogen (secondary N) is 1. The van der Waals surface area contributed by atoms with Gasteiger partial charge in [0, 0.05) is 58.5 Å².